The Morgan fingerprint density at radius 1 is 1.00 bits per heavy atom. The Kier molecular flexibility index (Phi) is 8.36. The van der Waals surface area contributed by atoms with Gasteiger partial charge in [-0.3, -0.25) is 0 Å². The van der Waals surface area contributed by atoms with Crippen molar-refractivity contribution in [3.05, 3.63) is 47.3 Å². The standard InChI is InChI=1S/C22H29NOS.ClH/c1-3-5-12-23(13-6-4-2)16-21(24)20-15-17-9-7-8-10-18(17)19-11-14-25-22(19)20;/h7-11,14-15,21,24H,3-6,12-13,16H2,1-2H3;1H. The van der Waals surface area contributed by atoms with Crippen molar-refractivity contribution in [2.45, 2.75) is 45.6 Å². The third-order valence-electron chi connectivity index (χ3n) is 5.10. The minimum absolute atomic E-state index is 0. The van der Waals surface area contributed by atoms with Gasteiger partial charge in [0.25, 0.3) is 0 Å². The maximum atomic E-state index is 11.1. The van der Waals surface area contributed by atoms with Crippen molar-refractivity contribution >= 4 is 32.2 Å². The maximum Gasteiger partial charge on any atom is 0.129 e. The molecule has 2 aromatic carbocycles. The molecule has 3 aromatic rings. The van der Waals surface area contributed by atoms with E-state index in [-0.39, 0.29) is 12.4 Å². The fourth-order valence-corrected chi connectivity index (χ4v) is 4.64. The largest absolute Gasteiger partial charge is 1.00 e. The van der Waals surface area contributed by atoms with Crippen LogP contribution < -0.4 is 17.3 Å². The van der Waals surface area contributed by atoms with Gasteiger partial charge in [-0.05, 0) is 41.1 Å². The zero-order valence-electron chi connectivity index (χ0n) is 15.8. The highest BCUT2D eigenvalue weighted by molar-refractivity contribution is 7.17. The summed E-state index contributed by atoms with van der Waals surface area (Å²) in [5.41, 5.74) is 1.11. The Morgan fingerprint density at radius 3 is 2.38 bits per heavy atom. The Hall–Kier alpha value is -1.13. The van der Waals surface area contributed by atoms with Gasteiger partial charge < -0.3 is 22.4 Å². The van der Waals surface area contributed by atoms with Gasteiger partial charge in [-0.15, -0.1) is 11.3 Å². The highest BCUT2D eigenvalue weighted by Crippen LogP contribution is 2.35. The van der Waals surface area contributed by atoms with Gasteiger partial charge in [-0.2, -0.15) is 0 Å². The summed E-state index contributed by atoms with van der Waals surface area (Å²) in [7, 11) is 0. The molecule has 0 saturated heterocycles. The summed E-state index contributed by atoms with van der Waals surface area (Å²) in [6, 6.07) is 12.9. The molecule has 0 aliphatic rings. The van der Waals surface area contributed by atoms with E-state index in [1.807, 2.05) is 0 Å². The lowest BCUT2D eigenvalue weighted by Crippen LogP contribution is -3.12. The summed E-state index contributed by atoms with van der Waals surface area (Å²) >= 11 is 1.75. The average Bonchev–Trinajstić information content (AvgIpc) is 3.13. The van der Waals surface area contributed by atoms with Gasteiger partial charge >= 0.3 is 0 Å². The van der Waals surface area contributed by atoms with E-state index in [9.17, 15) is 5.11 Å². The lowest BCUT2D eigenvalue weighted by Gasteiger charge is -2.23. The first-order chi connectivity index (χ1) is 12.2. The monoisotopic (exact) mass is 391 g/mol. The van der Waals surface area contributed by atoms with Gasteiger partial charge in [0, 0.05) is 15.6 Å². The molecule has 0 radical (unpaired) electrons. The van der Waals surface area contributed by atoms with E-state index in [0.717, 1.165) is 25.2 Å². The summed E-state index contributed by atoms with van der Waals surface area (Å²) in [4.78, 5) is 1.54. The molecular weight excluding hydrogens is 362 g/mol. The molecule has 1 heterocycles. The van der Waals surface area contributed by atoms with Gasteiger partial charge in [-0.25, -0.2) is 0 Å². The van der Waals surface area contributed by atoms with Crippen LogP contribution >= 0.6 is 11.3 Å². The van der Waals surface area contributed by atoms with Crippen molar-refractivity contribution < 1.29 is 22.4 Å². The number of unbranched alkanes of at least 4 members (excludes halogenated alkanes) is 2. The molecule has 26 heavy (non-hydrogen) atoms. The van der Waals surface area contributed by atoms with E-state index in [0.29, 0.717) is 0 Å². The van der Waals surface area contributed by atoms with Crippen molar-refractivity contribution in [3.63, 3.8) is 0 Å². The number of quaternary nitrogens is 1. The highest BCUT2D eigenvalue weighted by atomic mass is 35.5. The van der Waals surface area contributed by atoms with Gasteiger partial charge in [0.05, 0.1) is 13.1 Å². The zero-order chi connectivity index (χ0) is 17.6. The SMILES string of the molecule is CCCC[NH+](CCCC)CC(O)c1cc2ccccc2c2ccsc12.[Cl-]. The third-order valence-corrected chi connectivity index (χ3v) is 6.06. The molecule has 0 amide bonds. The molecule has 1 atom stereocenters. The number of thiophene rings is 1. The zero-order valence-corrected chi connectivity index (χ0v) is 17.4. The predicted molar refractivity (Wildman–Crippen MR) is 110 cm³/mol. The summed E-state index contributed by atoms with van der Waals surface area (Å²) < 4.78 is 1.25. The molecule has 1 unspecified atom stereocenters. The van der Waals surface area contributed by atoms with Gasteiger partial charge in [0.1, 0.15) is 12.6 Å². The van der Waals surface area contributed by atoms with Crippen LogP contribution in [0, 0.1) is 0 Å². The number of benzene rings is 2. The molecule has 4 heteroatoms. The fraction of sp³-hybridized carbons (Fsp3) is 0.455. The Labute approximate surface area is 167 Å². The summed E-state index contributed by atoms with van der Waals surface area (Å²) in [5.74, 6) is 0. The van der Waals surface area contributed by atoms with E-state index in [1.165, 1.54) is 51.4 Å². The molecule has 2 N–H and O–H groups in total. The fourth-order valence-electron chi connectivity index (χ4n) is 3.66. The van der Waals surface area contributed by atoms with Crippen molar-refractivity contribution in [2.24, 2.45) is 0 Å². The second-order valence-electron chi connectivity index (χ2n) is 7.03. The van der Waals surface area contributed by atoms with Gasteiger partial charge in [0.15, 0.2) is 0 Å². The number of aliphatic hydroxyl groups is 1. The number of rotatable bonds is 9. The number of nitrogens with one attached hydrogen (secondary N) is 1. The van der Waals surface area contributed by atoms with Crippen LogP contribution in [-0.4, -0.2) is 24.7 Å². The molecule has 2 nitrogen and oxygen atoms in total. The normalized spacial score (nSPS) is 12.6. The highest BCUT2D eigenvalue weighted by Gasteiger charge is 2.20. The summed E-state index contributed by atoms with van der Waals surface area (Å²) in [5, 5.41) is 17.0. The van der Waals surface area contributed by atoms with Crippen LogP contribution in [0.5, 0.6) is 0 Å². The summed E-state index contributed by atoms with van der Waals surface area (Å²) in [6.45, 7) is 7.62. The Balaban J connectivity index is 0.00000243. The molecule has 0 aliphatic carbocycles. The van der Waals surface area contributed by atoms with Crippen LogP contribution in [-0.2, 0) is 0 Å². The lowest BCUT2D eigenvalue weighted by molar-refractivity contribution is -0.904. The Morgan fingerprint density at radius 2 is 1.69 bits per heavy atom. The van der Waals surface area contributed by atoms with Gasteiger partial charge in [0.2, 0.25) is 0 Å². The van der Waals surface area contributed by atoms with Crippen LogP contribution in [0.3, 0.4) is 0 Å². The van der Waals surface area contributed by atoms with Crippen LogP contribution in [0.2, 0.25) is 0 Å². The second-order valence-corrected chi connectivity index (χ2v) is 7.94. The third kappa shape index (κ3) is 4.77. The van der Waals surface area contributed by atoms with Gasteiger partial charge in [-0.1, -0.05) is 51.0 Å². The molecule has 0 spiro atoms. The molecule has 0 fully saturated rings. The van der Waals surface area contributed by atoms with Crippen molar-refractivity contribution in [2.75, 3.05) is 19.6 Å². The topological polar surface area (TPSA) is 24.7 Å². The van der Waals surface area contributed by atoms with Crippen LogP contribution in [0.4, 0.5) is 0 Å². The van der Waals surface area contributed by atoms with E-state index < -0.39 is 6.10 Å². The summed E-state index contributed by atoms with van der Waals surface area (Å²) in [6.07, 6.45) is 4.51. The number of fused-ring (bicyclic) bond motifs is 3. The first kappa shape index (κ1) is 21.2. The molecular formula is C22H30ClNOS. The lowest BCUT2D eigenvalue weighted by atomic mass is 9.99. The van der Waals surface area contributed by atoms with E-state index in [2.05, 4.69) is 55.6 Å². The molecule has 0 saturated carbocycles. The van der Waals surface area contributed by atoms with Crippen molar-refractivity contribution in [3.8, 4) is 0 Å². The first-order valence-electron chi connectivity index (χ1n) is 9.65. The molecule has 3 rings (SSSR count). The maximum absolute atomic E-state index is 11.1. The molecule has 0 aliphatic heterocycles. The van der Waals surface area contributed by atoms with Crippen LogP contribution in [0.1, 0.15) is 51.2 Å². The first-order valence-corrected chi connectivity index (χ1v) is 10.5. The van der Waals surface area contributed by atoms with E-state index in [1.54, 1.807) is 11.3 Å². The minimum atomic E-state index is -0.394. The van der Waals surface area contributed by atoms with Crippen molar-refractivity contribution in [1.29, 1.82) is 0 Å². The average molecular weight is 392 g/mol. The quantitative estimate of drug-likeness (QED) is 0.568. The number of hydrogen-bond acceptors (Lipinski definition) is 2. The minimum Gasteiger partial charge on any atom is -1.00 e. The molecule has 142 valence electrons. The van der Waals surface area contributed by atoms with E-state index in [4.69, 9.17) is 0 Å². The smallest absolute Gasteiger partial charge is 0.129 e. The second kappa shape index (κ2) is 10.3. The van der Waals surface area contributed by atoms with Crippen molar-refractivity contribution in [1.82, 2.24) is 0 Å². The number of aliphatic hydroxyl groups excluding tert-OH is 1. The van der Waals surface area contributed by atoms with Crippen LogP contribution in [0.15, 0.2) is 41.8 Å². The molecule has 1 aromatic heterocycles. The number of halogens is 1. The van der Waals surface area contributed by atoms with Crippen LogP contribution in [0.25, 0.3) is 20.9 Å². The van der Waals surface area contributed by atoms with E-state index >= 15 is 0 Å². The number of hydrogen-bond donors (Lipinski definition) is 2. The molecule has 0 bridgehead atoms. The Bertz CT molecular complexity index is 808. The predicted octanol–water partition coefficient (Wildman–Crippen LogP) is 1.58.